The summed E-state index contributed by atoms with van der Waals surface area (Å²) in [5.74, 6) is -0.629. The van der Waals surface area contributed by atoms with Crippen LogP contribution in [0.1, 0.15) is 47.4 Å². The van der Waals surface area contributed by atoms with Crippen molar-refractivity contribution in [1.82, 2.24) is 20.5 Å². The number of H-pyrrole nitrogens is 1. The minimum Gasteiger partial charge on any atom is -0.393 e. The number of carbonyl (C=O) groups is 1. The Labute approximate surface area is 167 Å². The number of anilines is 1. The van der Waals surface area contributed by atoms with Crippen LogP contribution >= 0.6 is 0 Å². The second-order valence-electron chi connectivity index (χ2n) is 7.56. The first-order valence-corrected chi connectivity index (χ1v) is 9.76. The van der Waals surface area contributed by atoms with E-state index in [9.17, 15) is 14.3 Å². The van der Waals surface area contributed by atoms with Crippen molar-refractivity contribution < 1.29 is 14.3 Å². The molecule has 3 N–H and O–H groups in total. The smallest absolute Gasteiger partial charge is 0.253 e. The van der Waals surface area contributed by atoms with Gasteiger partial charge in [0.1, 0.15) is 5.82 Å². The van der Waals surface area contributed by atoms with Gasteiger partial charge in [-0.2, -0.15) is 5.10 Å². The van der Waals surface area contributed by atoms with E-state index in [4.69, 9.17) is 0 Å². The monoisotopic (exact) mass is 397 g/mol. The van der Waals surface area contributed by atoms with E-state index < -0.39 is 6.04 Å². The molecule has 1 fully saturated rings. The average Bonchev–Trinajstić information content (AvgIpc) is 3.09. The lowest BCUT2D eigenvalue weighted by Crippen LogP contribution is -2.37. The highest BCUT2D eigenvalue weighted by atomic mass is 19.1. The number of rotatable bonds is 4. The number of aliphatic hydroxyl groups is 1. The van der Waals surface area contributed by atoms with Gasteiger partial charge in [0, 0.05) is 41.6 Å². The number of hydrogen-bond acceptors (Lipinski definition) is 5. The summed E-state index contributed by atoms with van der Waals surface area (Å²) in [4.78, 5) is 19.2. The fraction of sp³-hybridized carbons (Fsp3) is 0.381. The molecule has 1 amide bonds. The number of aromatic amines is 1. The Morgan fingerprint density at radius 1 is 1.34 bits per heavy atom. The molecule has 0 bridgehead atoms. The summed E-state index contributed by atoms with van der Waals surface area (Å²) in [6, 6.07) is 5.99. The van der Waals surface area contributed by atoms with Crippen LogP contribution in [0, 0.1) is 12.7 Å². The number of hydrogen-bond donors (Lipinski definition) is 3. The molecule has 8 heteroatoms. The van der Waals surface area contributed by atoms with Crippen LogP contribution < -0.4 is 10.2 Å². The van der Waals surface area contributed by atoms with Crippen molar-refractivity contribution in [3.05, 3.63) is 53.1 Å². The summed E-state index contributed by atoms with van der Waals surface area (Å²) in [5.41, 5.74) is 3.42. The lowest BCUT2D eigenvalue weighted by atomic mass is 10.0. The SMILES string of the molecule is Cc1[nH]nc2ncc(C(=O)NC(C)c3cc(F)ccc3N3CCC(O)CC3)cc12. The molecule has 3 aromatic rings. The van der Waals surface area contributed by atoms with Crippen molar-refractivity contribution >= 4 is 22.6 Å². The second kappa shape index (κ2) is 7.79. The Morgan fingerprint density at radius 3 is 2.86 bits per heavy atom. The van der Waals surface area contributed by atoms with Gasteiger partial charge in [-0.15, -0.1) is 0 Å². The Balaban J connectivity index is 1.57. The summed E-state index contributed by atoms with van der Waals surface area (Å²) < 4.78 is 14.0. The van der Waals surface area contributed by atoms with Gasteiger partial charge in [0.25, 0.3) is 5.91 Å². The third-order valence-corrected chi connectivity index (χ3v) is 5.47. The number of aromatic nitrogens is 3. The van der Waals surface area contributed by atoms with E-state index in [1.54, 1.807) is 12.1 Å². The molecule has 0 saturated carbocycles. The highest BCUT2D eigenvalue weighted by Crippen LogP contribution is 2.30. The van der Waals surface area contributed by atoms with Crippen molar-refractivity contribution in [2.75, 3.05) is 18.0 Å². The summed E-state index contributed by atoms with van der Waals surface area (Å²) in [7, 11) is 0. The fourth-order valence-corrected chi connectivity index (χ4v) is 3.77. The fourth-order valence-electron chi connectivity index (χ4n) is 3.77. The van der Waals surface area contributed by atoms with Gasteiger partial charge in [0.2, 0.25) is 0 Å². The van der Waals surface area contributed by atoms with Gasteiger partial charge in [-0.1, -0.05) is 0 Å². The van der Waals surface area contributed by atoms with E-state index in [1.807, 2.05) is 13.8 Å². The van der Waals surface area contributed by atoms with Gasteiger partial charge in [0.05, 0.1) is 17.7 Å². The first kappa shape index (κ1) is 19.3. The van der Waals surface area contributed by atoms with Crippen molar-refractivity contribution in [3.63, 3.8) is 0 Å². The van der Waals surface area contributed by atoms with E-state index in [0.717, 1.165) is 16.8 Å². The van der Waals surface area contributed by atoms with Crippen molar-refractivity contribution in [2.45, 2.75) is 38.8 Å². The highest BCUT2D eigenvalue weighted by molar-refractivity contribution is 5.97. The molecule has 3 heterocycles. The average molecular weight is 397 g/mol. The predicted octanol–water partition coefficient (Wildman–Crippen LogP) is 2.86. The summed E-state index contributed by atoms with van der Waals surface area (Å²) >= 11 is 0. The molecule has 1 aliphatic rings. The number of aliphatic hydroxyl groups excluding tert-OH is 1. The molecule has 1 saturated heterocycles. The first-order chi connectivity index (χ1) is 13.9. The van der Waals surface area contributed by atoms with E-state index in [2.05, 4.69) is 25.4 Å². The third-order valence-electron chi connectivity index (χ3n) is 5.47. The number of nitrogens with zero attached hydrogens (tertiary/aromatic N) is 3. The zero-order chi connectivity index (χ0) is 20.5. The van der Waals surface area contributed by atoms with E-state index >= 15 is 0 Å². The van der Waals surface area contributed by atoms with Crippen molar-refractivity contribution in [3.8, 4) is 0 Å². The quantitative estimate of drug-likeness (QED) is 0.629. The highest BCUT2D eigenvalue weighted by Gasteiger charge is 2.23. The Hall–Kier alpha value is -3.00. The number of nitrogens with one attached hydrogen (secondary N) is 2. The number of benzene rings is 1. The molecule has 7 nitrogen and oxygen atoms in total. The molecular formula is C21H24FN5O2. The molecule has 0 radical (unpaired) electrons. The van der Waals surface area contributed by atoms with Crippen LogP contribution in [0.15, 0.2) is 30.5 Å². The van der Waals surface area contributed by atoms with E-state index in [1.165, 1.54) is 18.3 Å². The number of pyridine rings is 1. The topological polar surface area (TPSA) is 94.1 Å². The van der Waals surface area contributed by atoms with Crippen molar-refractivity contribution in [2.24, 2.45) is 0 Å². The molecule has 2 aromatic heterocycles. The number of amides is 1. The minimum atomic E-state index is -0.402. The van der Waals surface area contributed by atoms with Gasteiger partial charge in [-0.05, 0) is 51.0 Å². The summed E-state index contributed by atoms with van der Waals surface area (Å²) in [6.45, 7) is 5.10. The van der Waals surface area contributed by atoms with E-state index in [0.29, 0.717) is 42.7 Å². The standard InChI is InChI=1S/C21H24FN5O2/c1-12(24-21(29)14-9-18-13(2)25-26-20(18)23-11-14)17-10-15(22)3-4-19(17)27-7-5-16(28)6-8-27/h3-4,9-12,16,28H,5-8H2,1-2H3,(H,24,29)(H,23,25,26). The number of fused-ring (bicyclic) bond motifs is 1. The van der Waals surface area contributed by atoms with Crippen LogP contribution in [0.5, 0.6) is 0 Å². The molecule has 0 spiro atoms. The Kier molecular flexibility index (Phi) is 5.19. The second-order valence-corrected chi connectivity index (χ2v) is 7.56. The van der Waals surface area contributed by atoms with Gasteiger partial charge < -0.3 is 15.3 Å². The summed E-state index contributed by atoms with van der Waals surface area (Å²) in [6.07, 6.45) is 2.55. The molecular weight excluding hydrogens is 373 g/mol. The molecule has 1 aromatic carbocycles. The van der Waals surface area contributed by atoms with Crippen molar-refractivity contribution in [1.29, 1.82) is 0 Å². The Bertz CT molecular complexity index is 1040. The number of carbonyl (C=O) groups excluding carboxylic acids is 1. The Morgan fingerprint density at radius 2 is 2.10 bits per heavy atom. The predicted molar refractivity (Wildman–Crippen MR) is 108 cm³/mol. The van der Waals surface area contributed by atoms with Crippen LogP contribution in [0.2, 0.25) is 0 Å². The number of halogens is 1. The normalized spacial score (nSPS) is 16.2. The molecule has 1 aliphatic heterocycles. The molecule has 152 valence electrons. The van der Waals surface area contributed by atoms with Crippen LogP contribution in [0.25, 0.3) is 11.0 Å². The maximum atomic E-state index is 14.0. The van der Waals surface area contributed by atoms with Gasteiger partial charge in [0.15, 0.2) is 5.65 Å². The molecule has 29 heavy (non-hydrogen) atoms. The zero-order valence-corrected chi connectivity index (χ0v) is 16.4. The third kappa shape index (κ3) is 3.93. The van der Waals surface area contributed by atoms with Crippen LogP contribution in [0.4, 0.5) is 10.1 Å². The lowest BCUT2D eigenvalue weighted by molar-refractivity contribution is 0.0939. The number of piperidine rings is 1. The van der Waals surface area contributed by atoms with Gasteiger partial charge >= 0.3 is 0 Å². The zero-order valence-electron chi connectivity index (χ0n) is 16.4. The number of aryl methyl sites for hydroxylation is 1. The van der Waals surface area contributed by atoms with Gasteiger partial charge in [-0.25, -0.2) is 9.37 Å². The van der Waals surface area contributed by atoms with Crippen LogP contribution in [0.3, 0.4) is 0 Å². The largest absolute Gasteiger partial charge is 0.393 e. The first-order valence-electron chi connectivity index (χ1n) is 9.76. The minimum absolute atomic E-state index is 0.281. The van der Waals surface area contributed by atoms with Crippen LogP contribution in [-0.2, 0) is 0 Å². The molecule has 1 atom stereocenters. The summed E-state index contributed by atoms with van der Waals surface area (Å²) in [5, 5.41) is 20.4. The molecule has 4 rings (SSSR count). The van der Waals surface area contributed by atoms with Gasteiger partial charge in [-0.3, -0.25) is 9.89 Å². The van der Waals surface area contributed by atoms with Crippen LogP contribution in [-0.4, -0.2) is 45.4 Å². The maximum absolute atomic E-state index is 14.0. The maximum Gasteiger partial charge on any atom is 0.253 e. The molecule has 1 unspecified atom stereocenters. The molecule has 0 aliphatic carbocycles. The van der Waals surface area contributed by atoms with E-state index in [-0.39, 0.29) is 17.8 Å². The lowest BCUT2D eigenvalue weighted by Gasteiger charge is -2.34.